The highest BCUT2D eigenvalue weighted by Crippen LogP contribution is 2.24. The average Bonchev–Trinajstić information content (AvgIpc) is 2.87. The molecule has 0 aliphatic carbocycles. The van der Waals surface area contributed by atoms with Crippen LogP contribution in [0.1, 0.15) is 5.69 Å². The van der Waals surface area contributed by atoms with Gasteiger partial charge in [-0.2, -0.15) is 0 Å². The van der Waals surface area contributed by atoms with Gasteiger partial charge in [-0.15, -0.1) is 0 Å². The van der Waals surface area contributed by atoms with E-state index in [-0.39, 0.29) is 0 Å². The number of benzene rings is 2. The molecule has 0 bridgehead atoms. The fourth-order valence-electron chi connectivity index (χ4n) is 2.57. The number of aromatic nitrogens is 3. The molecule has 0 saturated carbocycles. The predicted molar refractivity (Wildman–Crippen MR) is 88.4 cm³/mol. The zero-order valence-corrected chi connectivity index (χ0v) is 13.0. The molecule has 21 heavy (non-hydrogen) atoms. The number of para-hydroxylation sites is 2. The Morgan fingerprint density at radius 3 is 2.52 bits per heavy atom. The normalized spacial score (nSPS) is 11.3. The van der Waals surface area contributed by atoms with Crippen LogP contribution in [-0.2, 0) is 0 Å². The maximum Gasteiger partial charge on any atom is 0.159 e. The first kappa shape index (κ1) is 12.5. The van der Waals surface area contributed by atoms with Gasteiger partial charge >= 0.3 is 0 Å². The van der Waals surface area contributed by atoms with Crippen LogP contribution in [0.15, 0.2) is 59.2 Å². The van der Waals surface area contributed by atoms with Gasteiger partial charge in [-0.05, 0) is 31.2 Å². The molecule has 3 nitrogen and oxygen atoms in total. The summed E-state index contributed by atoms with van der Waals surface area (Å²) in [6.07, 6.45) is 2.06. The standard InChI is InChI=1S/C17H12BrN3/c1-11-17-20-14-4-2-3-5-16(14)21(17)10-15(19-11)12-6-8-13(18)9-7-12/h2-10H,1H3. The van der Waals surface area contributed by atoms with Gasteiger partial charge in [-0.3, -0.25) is 4.40 Å². The Hall–Kier alpha value is -2.20. The summed E-state index contributed by atoms with van der Waals surface area (Å²) < 4.78 is 3.19. The van der Waals surface area contributed by atoms with Crippen molar-refractivity contribution in [2.75, 3.05) is 0 Å². The van der Waals surface area contributed by atoms with Crippen molar-refractivity contribution in [1.82, 2.24) is 14.4 Å². The maximum atomic E-state index is 4.70. The van der Waals surface area contributed by atoms with Gasteiger partial charge in [0.15, 0.2) is 5.65 Å². The molecule has 102 valence electrons. The van der Waals surface area contributed by atoms with Crippen LogP contribution in [0.2, 0.25) is 0 Å². The van der Waals surface area contributed by atoms with E-state index >= 15 is 0 Å². The zero-order valence-electron chi connectivity index (χ0n) is 11.4. The number of aryl methyl sites for hydroxylation is 1. The van der Waals surface area contributed by atoms with Gasteiger partial charge in [-0.25, -0.2) is 9.97 Å². The summed E-state index contributed by atoms with van der Waals surface area (Å²) in [5, 5.41) is 0. The van der Waals surface area contributed by atoms with Crippen LogP contribution in [0.5, 0.6) is 0 Å². The summed E-state index contributed by atoms with van der Waals surface area (Å²) in [5.74, 6) is 0. The highest BCUT2D eigenvalue weighted by molar-refractivity contribution is 9.10. The Labute approximate surface area is 130 Å². The fourth-order valence-corrected chi connectivity index (χ4v) is 2.84. The van der Waals surface area contributed by atoms with Crippen molar-refractivity contribution in [2.24, 2.45) is 0 Å². The van der Waals surface area contributed by atoms with Gasteiger partial charge in [0, 0.05) is 16.2 Å². The van der Waals surface area contributed by atoms with Gasteiger partial charge in [0.25, 0.3) is 0 Å². The molecule has 2 aromatic carbocycles. The lowest BCUT2D eigenvalue weighted by Gasteiger charge is -2.05. The molecule has 0 unspecified atom stereocenters. The molecule has 0 aliphatic heterocycles. The van der Waals surface area contributed by atoms with Crippen molar-refractivity contribution in [3.63, 3.8) is 0 Å². The summed E-state index contributed by atoms with van der Waals surface area (Å²) in [4.78, 5) is 9.35. The molecule has 4 aromatic rings. The van der Waals surface area contributed by atoms with E-state index in [1.165, 1.54) is 0 Å². The molecule has 0 amide bonds. The van der Waals surface area contributed by atoms with Crippen LogP contribution in [0.4, 0.5) is 0 Å². The minimum atomic E-state index is 0.914. The number of hydrogen-bond acceptors (Lipinski definition) is 2. The maximum absolute atomic E-state index is 4.70. The number of rotatable bonds is 1. The zero-order chi connectivity index (χ0) is 14.4. The van der Waals surface area contributed by atoms with Crippen LogP contribution in [0.3, 0.4) is 0 Å². The smallest absolute Gasteiger partial charge is 0.159 e. The molecule has 4 heteroatoms. The van der Waals surface area contributed by atoms with Crippen molar-refractivity contribution >= 4 is 32.6 Å². The molecule has 4 rings (SSSR count). The van der Waals surface area contributed by atoms with E-state index in [1.807, 2.05) is 37.3 Å². The Morgan fingerprint density at radius 2 is 1.71 bits per heavy atom. The summed E-state index contributed by atoms with van der Waals surface area (Å²) in [5.41, 5.74) is 6.01. The third kappa shape index (κ3) is 2.03. The number of hydrogen-bond donors (Lipinski definition) is 0. The number of halogens is 1. The Bertz CT molecular complexity index is 955. The predicted octanol–water partition coefficient (Wildman–Crippen LogP) is 4.62. The van der Waals surface area contributed by atoms with E-state index in [4.69, 9.17) is 4.98 Å². The first-order valence-electron chi connectivity index (χ1n) is 6.73. The Morgan fingerprint density at radius 1 is 0.952 bits per heavy atom. The van der Waals surface area contributed by atoms with E-state index < -0.39 is 0 Å². The molecular formula is C17H12BrN3. The van der Waals surface area contributed by atoms with Crippen molar-refractivity contribution in [2.45, 2.75) is 6.92 Å². The number of fused-ring (bicyclic) bond motifs is 3. The SMILES string of the molecule is Cc1nc(-c2ccc(Br)cc2)cn2c1nc1ccccc12. The number of nitrogens with zero attached hydrogens (tertiary/aromatic N) is 3. The summed E-state index contributed by atoms with van der Waals surface area (Å²) >= 11 is 3.46. The van der Waals surface area contributed by atoms with Gasteiger partial charge in [0.2, 0.25) is 0 Å². The summed E-state index contributed by atoms with van der Waals surface area (Å²) in [6.45, 7) is 2.00. The lowest BCUT2D eigenvalue weighted by Crippen LogP contribution is -1.95. The minimum Gasteiger partial charge on any atom is -0.296 e. The molecule has 2 heterocycles. The lowest BCUT2D eigenvalue weighted by molar-refractivity contribution is 1.10. The summed E-state index contributed by atoms with van der Waals surface area (Å²) in [6, 6.07) is 16.3. The summed E-state index contributed by atoms with van der Waals surface area (Å²) in [7, 11) is 0. The fraction of sp³-hybridized carbons (Fsp3) is 0.0588. The van der Waals surface area contributed by atoms with Gasteiger partial charge in [0.1, 0.15) is 0 Å². The number of imidazole rings is 1. The average molecular weight is 338 g/mol. The van der Waals surface area contributed by atoms with Gasteiger partial charge < -0.3 is 0 Å². The molecule has 2 aromatic heterocycles. The molecule has 0 fully saturated rings. The van der Waals surface area contributed by atoms with Gasteiger partial charge in [0.05, 0.1) is 22.4 Å². The molecule has 0 spiro atoms. The molecular weight excluding hydrogens is 326 g/mol. The van der Waals surface area contributed by atoms with Crippen molar-refractivity contribution in [3.05, 3.63) is 64.9 Å². The van der Waals surface area contributed by atoms with E-state index in [0.29, 0.717) is 0 Å². The Balaban J connectivity index is 2.03. The highest BCUT2D eigenvalue weighted by atomic mass is 79.9. The van der Waals surface area contributed by atoms with Gasteiger partial charge in [-0.1, -0.05) is 40.2 Å². The van der Waals surface area contributed by atoms with E-state index in [1.54, 1.807) is 0 Å². The quantitative estimate of drug-likeness (QED) is 0.507. The second-order valence-corrected chi connectivity index (χ2v) is 5.93. The molecule has 0 atom stereocenters. The lowest BCUT2D eigenvalue weighted by atomic mass is 10.1. The largest absolute Gasteiger partial charge is 0.296 e. The molecule has 0 radical (unpaired) electrons. The third-order valence-corrected chi connectivity index (χ3v) is 4.13. The van der Waals surface area contributed by atoms with Crippen LogP contribution in [0.25, 0.3) is 27.9 Å². The first-order chi connectivity index (χ1) is 10.2. The Kier molecular flexibility index (Phi) is 2.79. The van der Waals surface area contributed by atoms with Crippen molar-refractivity contribution in [3.8, 4) is 11.3 Å². The third-order valence-electron chi connectivity index (χ3n) is 3.60. The van der Waals surface area contributed by atoms with Crippen LogP contribution in [0, 0.1) is 6.92 Å². The van der Waals surface area contributed by atoms with Crippen molar-refractivity contribution in [1.29, 1.82) is 0 Å². The monoisotopic (exact) mass is 337 g/mol. The van der Waals surface area contributed by atoms with Crippen LogP contribution >= 0.6 is 15.9 Å². The van der Waals surface area contributed by atoms with Crippen LogP contribution < -0.4 is 0 Å². The van der Waals surface area contributed by atoms with E-state index in [2.05, 4.69) is 49.7 Å². The molecule has 0 N–H and O–H groups in total. The second-order valence-electron chi connectivity index (χ2n) is 5.01. The first-order valence-corrected chi connectivity index (χ1v) is 7.52. The molecule has 0 aliphatic rings. The van der Waals surface area contributed by atoms with Crippen molar-refractivity contribution < 1.29 is 0 Å². The van der Waals surface area contributed by atoms with E-state index in [0.717, 1.165) is 38.1 Å². The second kappa shape index (κ2) is 4.67. The molecule has 0 saturated heterocycles. The van der Waals surface area contributed by atoms with E-state index in [9.17, 15) is 0 Å². The van der Waals surface area contributed by atoms with Crippen LogP contribution in [-0.4, -0.2) is 14.4 Å². The topological polar surface area (TPSA) is 30.2 Å². The highest BCUT2D eigenvalue weighted by Gasteiger charge is 2.10. The minimum absolute atomic E-state index is 0.914.